The molecule has 1 heterocycles. The number of anilines is 1. The quantitative estimate of drug-likeness (QED) is 0.294. The third-order valence-corrected chi connectivity index (χ3v) is 7.28. The van der Waals surface area contributed by atoms with Gasteiger partial charge < -0.3 is 19.9 Å². The molecule has 3 rings (SSSR count). The molecule has 6 nitrogen and oxygen atoms in total. The van der Waals surface area contributed by atoms with Crippen molar-refractivity contribution < 1.29 is 14.3 Å². The van der Waals surface area contributed by atoms with Crippen molar-refractivity contribution in [2.45, 2.75) is 33.9 Å². The predicted octanol–water partition coefficient (Wildman–Crippen LogP) is 5.72. The summed E-state index contributed by atoms with van der Waals surface area (Å²) in [5, 5.41) is 4.24. The first-order valence-electron chi connectivity index (χ1n) is 11.5. The van der Waals surface area contributed by atoms with E-state index < -0.39 is 5.97 Å². The zero-order chi connectivity index (χ0) is 25.4. The molecule has 0 radical (unpaired) electrons. The smallest absolute Gasteiger partial charge is 0.341 e. The van der Waals surface area contributed by atoms with Crippen molar-refractivity contribution in [1.29, 1.82) is 0 Å². The fourth-order valence-corrected chi connectivity index (χ4v) is 5.25. The number of nitrogens with zero attached hydrogens (tertiary/aromatic N) is 2. The molecule has 0 aliphatic carbocycles. The van der Waals surface area contributed by atoms with Crippen LogP contribution in [0.25, 0.3) is 0 Å². The SMILES string of the molecule is CCN(CC)C(=O)c1sc(NC(=S)N(Cc2ccccc2)Cc2ccccc2)c(C(=O)OC)c1C. The second-order valence-electron chi connectivity index (χ2n) is 7.99. The highest BCUT2D eigenvalue weighted by atomic mass is 32.1. The van der Waals surface area contributed by atoms with E-state index in [4.69, 9.17) is 17.0 Å². The Morgan fingerprint density at radius 3 is 1.89 bits per heavy atom. The van der Waals surface area contributed by atoms with Gasteiger partial charge in [0.25, 0.3) is 5.91 Å². The number of nitrogens with one attached hydrogen (secondary N) is 1. The summed E-state index contributed by atoms with van der Waals surface area (Å²) in [6.45, 7) is 8.00. The van der Waals surface area contributed by atoms with E-state index >= 15 is 0 Å². The standard InChI is InChI=1S/C27H31N3O3S2/c1-5-29(6-2)25(31)23-19(3)22(26(32)33-4)24(35-23)28-27(34)30(17-20-13-9-7-10-14-20)18-21-15-11-8-12-16-21/h7-16H,5-6,17-18H2,1-4H3,(H,28,34). The number of thiocarbonyl (C=S) groups is 1. The van der Waals surface area contributed by atoms with Crippen LogP contribution in [0.4, 0.5) is 5.00 Å². The Morgan fingerprint density at radius 1 is 0.914 bits per heavy atom. The molecule has 0 unspecified atom stereocenters. The van der Waals surface area contributed by atoms with E-state index in [1.807, 2.05) is 55.1 Å². The molecule has 35 heavy (non-hydrogen) atoms. The third-order valence-electron chi connectivity index (χ3n) is 5.72. The first-order valence-corrected chi connectivity index (χ1v) is 12.8. The molecular formula is C27H31N3O3S2. The highest BCUT2D eigenvalue weighted by Crippen LogP contribution is 2.35. The molecule has 0 aliphatic rings. The minimum absolute atomic E-state index is 0.105. The van der Waals surface area contributed by atoms with Crippen LogP contribution in [0.5, 0.6) is 0 Å². The second-order valence-corrected chi connectivity index (χ2v) is 9.39. The fourth-order valence-electron chi connectivity index (χ4n) is 3.79. The van der Waals surface area contributed by atoms with Crippen LogP contribution < -0.4 is 5.32 Å². The average molecular weight is 510 g/mol. The summed E-state index contributed by atoms with van der Waals surface area (Å²) < 4.78 is 5.04. The number of thiophene rings is 1. The van der Waals surface area contributed by atoms with E-state index in [9.17, 15) is 9.59 Å². The van der Waals surface area contributed by atoms with Gasteiger partial charge in [0.1, 0.15) is 5.00 Å². The van der Waals surface area contributed by atoms with Gasteiger partial charge in [0.15, 0.2) is 5.11 Å². The van der Waals surface area contributed by atoms with Gasteiger partial charge >= 0.3 is 5.97 Å². The van der Waals surface area contributed by atoms with Crippen molar-refractivity contribution in [2.24, 2.45) is 0 Å². The molecule has 8 heteroatoms. The number of carbonyl (C=O) groups is 2. The Kier molecular flexibility index (Phi) is 9.39. The van der Waals surface area contributed by atoms with E-state index in [0.29, 0.717) is 52.3 Å². The zero-order valence-electron chi connectivity index (χ0n) is 20.5. The van der Waals surface area contributed by atoms with Crippen molar-refractivity contribution in [1.82, 2.24) is 9.80 Å². The Morgan fingerprint density at radius 2 is 1.43 bits per heavy atom. The third kappa shape index (κ3) is 6.46. The number of methoxy groups -OCH3 is 1. The number of rotatable bonds is 9. The van der Waals surface area contributed by atoms with Gasteiger partial charge in [-0.1, -0.05) is 60.7 Å². The van der Waals surface area contributed by atoms with Crippen LogP contribution in [-0.2, 0) is 17.8 Å². The van der Waals surface area contributed by atoms with Crippen molar-refractivity contribution >= 4 is 45.5 Å². The van der Waals surface area contributed by atoms with Crippen LogP contribution in [0.3, 0.4) is 0 Å². The molecule has 0 saturated carbocycles. The molecule has 184 valence electrons. The first kappa shape index (κ1) is 26.4. The maximum absolute atomic E-state index is 13.1. The van der Waals surface area contributed by atoms with Gasteiger partial charge in [-0.15, -0.1) is 11.3 Å². The van der Waals surface area contributed by atoms with Gasteiger partial charge in [-0.05, 0) is 49.7 Å². The number of carbonyl (C=O) groups excluding carboxylic acids is 2. The van der Waals surface area contributed by atoms with Gasteiger partial charge in [0.05, 0.1) is 17.6 Å². The summed E-state index contributed by atoms with van der Waals surface area (Å²) in [7, 11) is 1.34. The lowest BCUT2D eigenvalue weighted by molar-refractivity contribution is 0.0601. The molecule has 0 aliphatic heterocycles. The summed E-state index contributed by atoms with van der Waals surface area (Å²) in [4.78, 5) is 30.1. The molecule has 1 amide bonds. The molecule has 0 atom stereocenters. The molecule has 0 spiro atoms. The van der Waals surface area contributed by atoms with Gasteiger partial charge in [0, 0.05) is 26.2 Å². The lowest BCUT2D eigenvalue weighted by Gasteiger charge is -2.26. The summed E-state index contributed by atoms with van der Waals surface area (Å²) in [5.41, 5.74) is 3.16. The molecule has 2 aromatic carbocycles. The van der Waals surface area contributed by atoms with E-state index in [1.54, 1.807) is 11.8 Å². The van der Waals surface area contributed by atoms with Gasteiger partial charge in [0.2, 0.25) is 0 Å². The van der Waals surface area contributed by atoms with Gasteiger partial charge in [-0.3, -0.25) is 4.79 Å². The Labute approximate surface area is 216 Å². The number of esters is 1. The summed E-state index contributed by atoms with van der Waals surface area (Å²) in [5.74, 6) is -0.604. The molecule has 0 bridgehead atoms. The van der Waals surface area contributed by atoms with Crippen molar-refractivity contribution in [3.8, 4) is 0 Å². The van der Waals surface area contributed by atoms with Gasteiger partial charge in [-0.25, -0.2) is 4.79 Å². The molecular weight excluding hydrogens is 478 g/mol. The normalized spacial score (nSPS) is 10.5. The monoisotopic (exact) mass is 509 g/mol. The van der Waals surface area contributed by atoms with Crippen LogP contribution in [-0.4, -0.2) is 47.0 Å². The number of hydrogen-bond acceptors (Lipinski definition) is 5. The molecule has 0 saturated heterocycles. The highest BCUT2D eigenvalue weighted by Gasteiger charge is 2.28. The predicted molar refractivity (Wildman–Crippen MR) is 146 cm³/mol. The van der Waals surface area contributed by atoms with Crippen LogP contribution >= 0.6 is 23.6 Å². The van der Waals surface area contributed by atoms with E-state index in [-0.39, 0.29) is 5.91 Å². The van der Waals surface area contributed by atoms with Crippen molar-refractivity contribution in [3.05, 3.63) is 87.8 Å². The van der Waals surface area contributed by atoms with E-state index in [0.717, 1.165) is 11.1 Å². The van der Waals surface area contributed by atoms with E-state index in [2.05, 4.69) is 29.6 Å². The Balaban J connectivity index is 1.95. The number of ether oxygens (including phenoxy) is 1. The van der Waals surface area contributed by atoms with Crippen LogP contribution in [0.15, 0.2) is 60.7 Å². The van der Waals surface area contributed by atoms with Crippen molar-refractivity contribution in [2.75, 3.05) is 25.5 Å². The minimum atomic E-state index is -0.500. The minimum Gasteiger partial charge on any atom is -0.465 e. The zero-order valence-corrected chi connectivity index (χ0v) is 22.2. The topological polar surface area (TPSA) is 61.9 Å². The largest absolute Gasteiger partial charge is 0.465 e. The number of amides is 1. The lowest BCUT2D eigenvalue weighted by atomic mass is 10.1. The molecule has 3 aromatic rings. The molecule has 1 aromatic heterocycles. The molecule has 1 N–H and O–H groups in total. The number of hydrogen-bond donors (Lipinski definition) is 1. The molecule has 0 fully saturated rings. The summed E-state index contributed by atoms with van der Waals surface area (Å²) in [6, 6.07) is 20.1. The Bertz CT molecular complexity index is 1120. The van der Waals surface area contributed by atoms with Crippen LogP contribution in [0.2, 0.25) is 0 Å². The fraction of sp³-hybridized carbons (Fsp3) is 0.296. The van der Waals surface area contributed by atoms with E-state index in [1.165, 1.54) is 18.4 Å². The average Bonchev–Trinajstić information content (AvgIpc) is 3.20. The summed E-state index contributed by atoms with van der Waals surface area (Å²) in [6.07, 6.45) is 0. The second kappa shape index (κ2) is 12.5. The maximum atomic E-state index is 13.1. The van der Waals surface area contributed by atoms with Crippen molar-refractivity contribution in [3.63, 3.8) is 0 Å². The summed E-state index contributed by atoms with van der Waals surface area (Å²) >= 11 is 7.07. The van der Waals surface area contributed by atoms with Crippen LogP contribution in [0, 0.1) is 6.92 Å². The van der Waals surface area contributed by atoms with Gasteiger partial charge in [-0.2, -0.15) is 0 Å². The Hall–Kier alpha value is -3.23. The highest BCUT2D eigenvalue weighted by molar-refractivity contribution is 7.80. The van der Waals surface area contributed by atoms with Crippen LogP contribution in [0.1, 0.15) is 50.6 Å². The maximum Gasteiger partial charge on any atom is 0.341 e. The first-order chi connectivity index (χ1) is 16.9. The number of benzene rings is 2. The lowest BCUT2D eigenvalue weighted by Crippen LogP contribution is -2.34.